The summed E-state index contributed by atoms with van der Waals surface area (Å²) in [5.41, 5.74) is -0.784. The Kier molecular flexibility index (Phi) is 7.63. The lowest BCUT2D eigenvalue weighted by atomic mass is 9.93. The fourth-order valence-electron chi connectivity index (χ4n) is 2.18. The van der Waals surface area contributed by atoms with Crippen LogP contribution in [0.25, 0.3) is 0 Å². The van der Waals surface area contributed by atoms with Gasteiger partial charge in [0.15, 0.2) is 0 Å². The fourth-order valence-corrected chi connectivity index (χ4v) is 2.18. The average Bonchev–Trinajstić information content (AvgIpc) is 2.49. The van der Waals surface area contributed by atoms with Crippen molar-refractivity contribution in [3.8, 4) is 0 Å². The summed E-state index contributed by atoms with van der Waals surface area (Å²) >= 11 is 0. The summed E-state index contributed by atoms with van der Waals surface area (Å²) in [5, 5.41) is 2.63. The maximum Gasteiger partial charge on any atom is 0.246 e. The third-order valence-electron chi connectivity index (χ3n) is 3.74. The third-order valence-corrected chi connectivity index (χ3v) is 3.74. The van der Waals surface area contributed by atoms with Crippen molar-refractivity contribution in [2.45, 2.75) is 25.8 Å². The molecule has 122 valence electrons. The Morgan fingerprint density at radius 1 is 1.14 bits per heavy atom. The third kappa shape index (κ3) is 4.94. The molecule has 1 saturated heterocycles. The van der Waals surface area contributed by atoms with E-state index in [-0.39, 0.29) is 18.4 Å². The summed E-state index contributed by atoms with van der Waals surface area (Å²) in [5.74, 6) is -0.175. The molecule has 7 heteroatoms. The number of carbonyl (C=O) groups excluding carboxylic acids is 2. The van der Waals surface area contributed by atoms with Crippen molar-refractivity contribution in [1.29, 1.82) is 0 Å². The summed E-state index contributed by atoms with van der Waals surface area (Å²) in [4.78, 5) is 25.5. The van der Waals surface area contributed by atoms with Crippen LogP contribution in [0, 0.1) is 0 Å². The van der Waals surface area contributed by atoms with Gasteiger partial charge in [-0.25, -0.2) is 0 Å². The van der Waals surface area contributed by atoms with E-state index in [1.54, 1.807) is 18.9 Å². The second-order valence-electron chi connectivity index (χ2n) is 5.07. The second kappa shape index (κ2) is 8.96. The van der Waals surface area contributed by atoms with Crippen LogP contribution in [0.5, 0.6) is 0 Å². The van der Waals surface area contributed by atoms with Crippen LogP contribution < -0.4 is 5.32 Å². The number of methoxy groups -OCH3 is 1. The summed E-state index contributed by atoms with van der Waals surface area (Å²) in [6.07, 6.45) is 0.574. The van der Waals surface area contributed by atoms with Gasteiger partial charge in [0.25, 0.3) is 0 Å². The van der Waals surface area contributed by atoms with E-state index in [2.05, 4.69) is 5.32 Å². The quantitative estimate of drug-likeness (QED) is 0.565. The molecule has 0 aliphatic carbocycles. The summed E-state index contributed by atoms with van der Waals surface area (Å²) in [6.45, 7) is 6.60. The maximum absolute atomic E-state index is 12.0. The molecule has 0 aromatic carbocycles. The van der Waals surface area contributed by atoms with E-state index in [1.165, 1.54) is 0 Å². The first-order chi connectivity index (χ1) is 10.1. The van der Waals surface area contributed by atoms with Crippen molar-refractivity contribution in [3.63, 3.8) is 0 Å². The second-order valence-corrected chi connectivity index (χ2v) is 5.07. The number of hydrogen-bond donors (Lipinski definition) is 1. The molecule has 1 N–H and O–H groups in total. The molecule has 1 atom stereocenters. The predicted molar refractivity (Wildman–Crippen MR) is 76.9 cm³/mol. The number of ether oxygens (including phenoxy) is 3. The molecule has 1 heterocycles. The van der Waals surface area contributed by atoms with Crippen LogP contribution in [0.1, 0.15) is 20.3 Å². The summed E-state index contributed by atoms with van der Waals surface area (Å²) in [6, 6.07) is 0. The van der Waals surface area contributed by atoms with Crippen LogP contribution in [-0.4, -0.2) is 75.5 Å². The van der Waals surface area contributed by atoms with Gasteiger partial charge in [0.1, 0.15) is 5.54 Å². The van der Waals surface area contributed by atoms with Gasteiger partial charge in [0.2, 0.25) is 11.8 Å². The van der Waals surface area contributed by atoms with Gasteiger partial charge in [-0.15, -0.1) is 0 Å². The molecule has 0 radical (unpaired) electrons. The molecule has 1 rings (SSSR count). The first-order valence-corrected chi connectivity index (χ1v) is 7.29. The topological polar surface area (TPSA) is 77.1 Å². The van der Waals surface area contributed by atoms with Crippen LogP contribution in [-0.2, 0) is 23.8 Å². The lowest BCUT2D eigenvalue weighted by Crippen LogP contribution is -2.66. The Morgan fingerprint density at radius 3 is 2.38 bits per heavy atom. The number of carbonyl (C=O) groups is 2. The zero-order chi connectivity index (χ0) is 15.7. The van der Waals surface area contributed by atoms with Crippen LogP contribution in [0.15, 0.2) is 0 Å². The number of hydrogen-bond acceptors (Lipinski definition) is 5. The molecule has 1 aliphatic rings. The molecule has 2 amide bonds. The van der Waals surface area contributed by atoms with Gasteiger partial charge in [-0.3, -0.25) is 9.59 Å². The molecule has 0 bridgehead atoms. The van der Waals surface area contributed by atoms with E-state index in [0.29, 0.717) is 46.0 Å². The molecule has 1 unspecified atom stereocenters. The first kappa shape index (κ1) is 17.9. The Bertz CT molecular complexity index is 350. The van der Waals surface area contributed by atoms with Gasteiger partial charge in [0.05, 0.1) is 39.6 Å². The highest BCUT2D eigenvalue weighted by Crippen LogP contribution is 2.22. The smallest absolute Gasteiger partial charge is 0.246 e. The number of nitrogens with zero attached hydrogens (tertiary/aromatic N) is 1. The molecule has 0 saturated carbocycles. The molecule has 0 aromatic heterocycles. The van der Waals surface area contributed by atoms with Gasteiger partial charge < -0.3 is 24.4 Å². The Balaban J connectivity index is 2.28. The van der Waals surface area contributed by atoms with Crippen molar-refractivity contribution in [2.75, 3.05) is 53.2 Å². The normalized spacial score (nSPS) is 22.5. The van der Waals surface area contributed by atoms with Crippen molar-refractivity contribution in [1.82, 2.24) is 10.2 Å². The monoisotopic (exact) mass is 302 g/mol. The maximum atomic E-state index is 12.0. The minimum absolute atomic E-state index is 0.0640. The minimum atomic E-state index is -0.784. The van der Waals surface area contributed by atoms with E-state index in [9.17, 15) is 9.59 Å². The van der Waals surface area contributed by atoms with Crippen molar-refractivity contribution in [3.05, 3.63) is 0 Å². The van der Waals surface area contributed by atoms with E-state index < -0.39 is 5.54 Å². The number of rotatable bonds is 10. The molecular formula is C14H26N2O5. The molecular weight excluding hydrogens is 276 g/mol. The van der Waals surface area contributed by atoms with Crippen molar-refractivity contribution < 1.29 is 23.8 Å². The standard InChI is InChI=1S/C14H26N2O5/c1-4-14(2)13(18)15-11-12(17)16(14)5-6-20-9-10-21-8-7-19-3/h4-11H2,1-3H3,(H,15,18). The molecule has 21 heavy (non-hydrogen) atoms. The number of piperazine rings is 1. The van der Waals surface area contributed by atoms with Crippen LogP contribution >= 0.6 is 0 Å². The molecule has 7 nitrogen and oxygen atoms in total. The van der Waals surface area contributed by atoms with E-state index in [0.717, 1.165) is 0 Å². The summed E-state index contributed by atoms with van der Waals surface area (Å²) < 4.78 is 15.6. The van der Waals surface area contributed by atoms with Crippen LogP contribution in [0.4, 0.5) is 0 Å². The van der Waals surface area contributed by atoms with Crippen LogP contribution in [0.3, 0.4) is 0 Å². The number of nitrogens with one attached hydrogen (secondary N) is 1. The summed E-state index contributed by atoms with van der Waals surface area (Å²) in [7, 11) is 1.62. The molecule has 0 spiro atoms. The zero-order valence-electron chi connectivity index (χ0n) is 13.1. The molecule has 0 aromatic rings. The molecule has 1 aliphatic heterocycles. The highest BCUT2D eigenvalue weighted by molar-refractivity contribution is 5.97. The highest BCUT2D eigenvalue weighted by atomic mass is 16.5. The average molecular weight is 302 g/mol. The molecule has 1 fully saturated rings. The largest absolute Gasteiger partial charge is 0.382 e. The predicted octanol–water partition coefficient (Wildman–Crippen LogP) is -0.207. The van der Waals surface area contributed by atoms with Crippen molar-refractivity contribution >= 4 is 11.8 Å². The van der Waals surface area contributed by atoms with Gasteiger partial charge in [-0.1, -0.05) is 6.92 Å². The van der Waals surface area contributed by atoms with Crippen molar-refractivity contribution in [2.24, 2.45) is 0 Å². The Labute approximate surface area is 125 Å². The Morgan fingerprint density at radius 2 is 1.76 bits per heavy atom. The van der Waals surface area contributed by atoms with E-state index >= 15 is 0 Å². The lowest BCUT2D eigenvalue weighted by molar-refractivity contribution is -0.153. The Hall–Kier alpha value is -1.18. The minimum Gasteiger partial charge on any atom is -0.382 e. The van der Waals surface area contributed by atoms with Crippen LogP contribution in [0.2, 0.25) is 0 Å². The zero-order valence-corrected chi connectivity index (χ0v) is 13.1. The highest BCUT2D eigenvalue weighted by Gasteiger charge is 2.43. The van der Waals surface area contributed by atoms with E-state index in [1.807, 2.05) is 6.92 Å². The first-order valence-electron chi connectivity index (χ1n) is 7.29. The van der Waals surface area contributed by atoms with Gasteiger partial charge >= 0.3 is 0 Å². The van der Waals surface area contributed by atoms with E-state index in [4.69, 9.17) is 14.2 Å². The fraction of sp³-hybridized carbons (Fsp3) is 0.857. The number of amides is 2. The van der Waals surface area contributed by atoms with Gasteiger partial charge in [-0.05, 0) is 13.3 Å². The lowest BCUT2D eigenvalue weighted by Gasteiger charge is -2.42. The van der Waals surface area contributed by atoms with Gasteiger partial charge in [0, 0.05) is 13.7 Å². The van der Waals surface area contributed by atoms with Gasteiger partial charge in [-0.2, -0.15) is 0 Å². The SMILES string of the molecule is CCC1(C)C(=O)NCC(=O)N1CCOCCOCCOC.